The molecule has 144 valence electrons. The molecule has 25 heavy (non-hydrogen) atoms. The molecule has 1 heterocycles. The molecule has 1 saturated heterocycles. The molecule has 1 rings (SSSR count). The molecule has 0 unspecified atom stereocenters. The monoisotopic (exact) mass is 452 g/mol. The van der Waals surface area contributed by atoms with E-state index in [4.69, 9.17) is 22.9 Å². The third-order valence-electron chi connectivity index (χ3n) is 4.33. The Bertz CT molecular complexity index is 451. The predicted molar refractivity (Wildman–Crippen MR) is 131 cm³/mol. The highest BCUT2D eigenvalue weighted by Crippen LogP contribution is 2.34. The maximum Gasteiger partial charge on any atom is 0.387 e. The van der Waals surface area contributed by atoms with E-state index in [1.165, 1.54) is 0 Å². The highest BCUT2D eigenvalue weighted by atomic mass is 35.5. The fourth-order valence-corrected chi connectivity index (χ4v) is 13.8. The quantitative estimate of drug-likeness (QED) is 0.629. The third-order valence-corrected chi connectivity index (χ3v) is 13.1. The second-order valence-corrected chi connectivity index (χ2v) is 31.3. The van der Waals surface area contributed by atoms with Crippen molar-refractivity contribution in [2.75, 3.05) is 0 Å². The van der Waals surface area contributed by atoms with Crippen LogP contribution in [-0.2, 0) is 0 Å². The molecule has 1 N–H and O–H groups in total. The summed E-state index contributed by atoms with van der Waals surface area (Å²) < 4.78 is 7.55. The van der Waals surface area contributed by atoms with Crippen molar-refractivity contribution in [1.29, 1.82) is 0 Å². The minimum atomic E-state index is -1.70. The number of nitrogens with zero attached hydrogens (tertiary/aromatic N) is 3. The first-order valence-corrected chi connectivity index (χ1v) is 23.9. The number of halogens is 2. The van der Waals surface area contributed by atoms with Crippen LogP contribution in [0.1, 0.15) is 0 Å². The zero-order chi connectivity index (χ0) is 20.2. The van der Waals surface area contributed by atoms with Gasteiger partial charge in [-0.05, 0) is 0 Å². The first-order valence-electron chi connectivity index (χ1n) is 9.20. The lowest BCUT2D eigenvalue weighted by molar-refractivity contribution is 0.696. The van der Waals surface area contributed by atoms with Crippen LogP contribution in [0.5, 0.6) is 0 Å². The molecule has 0 aliphatic carbocycles. The summed E-state index contributed by atoms with van der Waals surface area (Å²) in [6.45, 7) is 28.4. The van der Waals surface area contributed by atoms with Crippen molar-refractivity contribution in [3.8, 4) is 0 Å². The summed E-state index contributed by atoms with van der Waals surface area (Å²) in [5.74, 6) is 0. The number of hydrogen-bond donors (Lipinski definition) is 1. The summed E-state index contributed by atoms with van der Waals surface area (Å²) in [5.41, 5.74) is 0. The third kappa shape index (κ3) is 5.98. The van der Waals surface area contributed by atoms with Gasteiger partial charge in [-0.25, -0.2) is 0 Å². The Kier molecular flexibility index (Phi) is 7.57. The van der Waals surface area contributed by atoms with E-state index in [-0.39, 0.29) is 19.9 Å². The molecule has 0 aromatic carbocycles. The molecule has 1 aliphatic heterocycles. The van der Waals surface area contributed by atoms with Crippen molar-refractivity contribution < 1.29 is 0 Å². The highest BCUT2D eigenvalue weighted by molar-refractivity contribution is 7.29. The molecular formula is C12H37B3Cl2N4Si4. The number of nitrogens with one attached hydrogen (secondary N) is 1. The van der Waals surface area contributed by atoms with E-state index in [2.05, 4.69) is 96.6 Å². The van der Waals surface area contributed by atoms with Gasteiger partial charge in [0.2, 0.25) is 0 Å². The molecule has 1 fully saturated rings. The summed E-state index contributed by atoms with van der Waals surface area (Å²) in [5, 5.41) is 0. The molecule has 4 nitrogen and oxygen atoms in total. The maximum atomic E-state index is 7.15. The van der Waals surface area contributed by atoms with E-state index in [1.807, 2.05) is 0 Å². The van der Waals surface area contributed by atoms with E-state index < -0.39 is 32.9 Å². The van der Waals surface area contributed by atoms with Gasteiger partial charge in [0.25, 0.3) is 0 Å². The lowest BCUT2D eigenvalue weighted by Crippen LogP contribution is -2.89. The smallest absolute Gasteiger partial charge is 0.352 e. The summed E-state index contributed by atoms with van der Waals surface area (Å²) in [6, 6.07) is 0. The molecule has 0 amide bonds. The van der Waals surface area contributed by atoms with Crippen LogP contribution in [0.4, 0.5) is 0 Å². The molecular weight excluding hydrogens is 416 g/mol. The summed E-state index contributed by atoms with van der Waals surface area (Å²) >= 11 is 14.3. The van der Waals surface area contributed by atoms with Gasteiger partial charge in [0.05, 0.1) is 0 Å². The fourth-order valence-electron chi connectivity index (χ4n) is 3.28. The molecule has 0 saturated carbocycles. The van der Waals surface area contributed by atoms with Crippen molar-refractivity contribution >= 4 is 75.8 Å². The fraction of sp³-hybridized carbons (Fsp3) is 1.00. The molecule has 0 aromatic rings. The lowest BCUT2D eigenvalue weighted by atomic mass is 9.74. The molecule has 0 radical (unpaired) electrons. The highest BCUT2D eigenvalue weighted by Gasteiger charge is 2.60. The second kappa shape index (κ2) is 7.72. The van der Waals surface area contributed by atoms with Gasteiger partial charge in [-0.15, -0.1) is 0 Å². The number of rotatable bonds is 5. The molecule has 0 atom stereocenters. The lowest BCUT2D eigenvalue weighted by Gasteiger charge is -2.60. The van der Waals surface area contributed by atoms with E-state index in [1.54, 1.807) is 0 Å². The Hall–Kier alpha value is 1.48. The van der Waals surface area contributed by atoms with Crippen LogP contribution in [0.2, 0.25) is 78.6 Å². The van der Waals surface area contributed by atoms with Crippen molar-refractivity contribution in [2.24, 2.45) is 0 Å². The van der Waals surface area contributed by atoms with Crippen LogP contribution in [0.25, 0.3) is 0 Å². The van der Waals surface area contributed by atoms with E-state index in [9.17, 15) is 0 Å². The maximum absolute atomic E-state index is 7.15. The zero-order valence-corrected chi connectivity index (χ0v) is 23.8. The second-order valence-electron chi connectivity index (χ2n) is 11.1. The largest absolute Gasteiger partial charge is 0.387 e. The Labute approximate surface area is 171 Å². The Balaban J connectivity index is 3.57. The van der Waals surface area contributed by atoms with Crippen molar-refractivity contribution in [1.82, 2.24) is 18.1 Å². The average molecular weight is 453 g/mol. The van der Waals surface area contributed by atoms with E-state index >= 15 is 0 Å². The van der Waals surface area contributed by atoms with Crippen LogP contribution in [0, 0.1) is 0 Å². The van der Waals surface area contributed by atoms with E-state index in [0.29, 0.717) is 0 Å². The molecule has 0 aromatic heterocycles. The molecule has 13 heteroatoms. The summed E-state index contributed by atoms with van der Waals surface area (Å²) in [7, 11) is -6.48. The van der Waals surface area contributed by atoms with Crippen molar-refractivity contribution in [3.63, 3.8) is 0 Å². The SMILES string of the molecule is C[Si](C)(C)NB1N([Si](C)(C)C)B(Cl)N([Si](C)(C)C)B(Cl)N1[Si](C)(C)C. The van der Waals surface area contributed by atoms with Crippen molar-refractivity contribution in [3.05, 3.63) is 0 Å². The van der Waals surface area contributed by atoms with Gasteiger partial charge in [-0.3, -0.25) is 0 Å². The predicted octanol–water partition coefficient (Wildman–Crippen LogP) is 4.27. The van der Waals surface area contributed by atoms with Gasteiger partial charge in [0.1, 0.15) is 32.9 Å². The topological polar surface area (TPSA) is 21.8 Å². The Morgan fingerprint density at radius 2 is 0.840 bits per heavy atom. The minimum absolute atomic E-state index is 0.127. The van der Waals surface area contributed by atoms with Gasteiger partial charge in [0, 0.05) is 0 Å². The first-order chi connectivity index (χ1) is 10.8. The molecule has 0 bridgehead atoms. The molecule has 1 aliphatic rings. The Morgan fingerprint density at radius 1 is 0.560 bits per heavy atom. The van der Waals surface area contributed by atoms with Gasteiger partial charge < -0.3 is 18.1 Å². The van der Waals surface area contributed by atoms with Crippen LogP contribution >= 0.6 is 22.9 Å². The first kappa shape index (κ1) is 24.5. The van der Waals surface area contributed by atoms with Crippen LogP contribution < -0.4 is 4.89 Å². The van der Waals surface area contributed by atoms with E-state index in [0.717, 1.165) is 0 Å². The van der Waals surface area contributed by atoms with Gasteiger partial charge in [-0.1, -0.05) is 78.6 Å². The summed E-state index contributed by atoms with van der Waals surface area (Å²) in [4.78, 5) is 3.98. The molecule has 0 spiro atoms. The zero-order valence-electron chi connectivity index (χ0n) is 18.3. The van der Waals surface area contributed by atoms with Crippen LogP contribution in [0.3, 0.4) is 0 Å². The minimum Gasteiger partial charge on any atom is -0.352 e. The van der Waals surface area contributed by atoms with Gasteiger partial charge in [-0.2, -0.15) is 22.9 Å². The normalized spacial score (nSPS) is 20.6. The van der Waals surface area contributed by atoms with Crippen molar-refractivity contribution in [2.45, 2.75) is 78.6 Å². The van der Waals surface area contributed by atoms with Crippen LogP contribution in [-0.4, -0.2) is 66.0 Å². The van der Waals surface area contributed by atoms with Gasteiger partial charge in [0.15, 0.2) is 0 Å². The number of hydrogen-bond acceptors (Lipinski definition) is 4. The Morgan fingerprint density at radius 3 is 1.04 bits per heavy atom. The summed E-state index contributed by atoms with van der Waals surface area (Å²) in [6.07, 6.45) is -0.301. The standard InChI is InChI=1S/C12H37B3Cl2N4Si4/c1-22(2,3)18-15-20(24(7,8)9)13(16)19(23(4,5)6)14(17)21(15)25(10,11)12/h18H,1-12H3. The average Bonchev–Trinajstić information content (AvgIpc) is 2.18. The van der Waals surface area contributed by atoms with Crippen LogP contribution in [0.15, 0.2) is 0 Å². The van der Waals surface area contributed by atoms with Gasteiger partial charge >= 0.3 is 19.9 Å².